The summed E-state index contributed by atoms with van der Waals surface area (Å²) in [5.41, 5.74) is 4.77. The smallest absolute Gasteiger partial charge is 0.262 e. The number of anilines is 1. The number of carbonyl (C=O) groups excluding carboxylic acids is 4. The number of hydrogen-bond donors (Lipinski definition) is 4. The Morgan fingerprint density at radius 2 is 1.84 bits per heavy atom. The molecule has 220 valence electrons. The van der Waals surface area contributed by atoms with Gasteiger partial charge in [0, 0.05) is 42.2 Å². The Hall–Kier alpha value is -4.93. The molecule has 0 spiro atoms. The van der Waals surface area contributed by atoms with Crippen LogP contribution in [0.2, 0.25) is 0 Å². The number of aromatic nitrogens is 2. The number of amides is 4. The molecule has 0 bridgehead atoms. The van der Waals surface area contributed by atoms with Crippen LogP contribution in [-0.2, 0) is 9.59 Å². The van der Waals surface area contributed by atoms with Gasteiger partial charge in [0.1, 0.15) is 6.04 Å². The zero-order valence-electron chi connectivity index (χ0n) is 23.9. The summed E-state index contributed by atoms with van der Waals surface area (Å²) in [6.07, 6.45) is 7.96. The Balaban J connectivity index is 0.963. The third-order valence-electron chi connectivity index (χ3n) is 8.39. The Bertz CT molecular complexity index is 1680. The fraction of sp³-hybridized carbons (Fsp3) is 0.344. The summed E-state index contributed by atoms with van der Waals surface area (Å²) in [7, 11) is 0. The summed E-state index contributed by atoms with van der Waals surface area (Å²) in [5.74, 6) is -1.40. The lowest BCUT2D eigenvalue weighted by Gasteiger charge is -2.36. The molecule has 1 unspecified atom stereocenters. The average molecular weight is 580 g/mol. The quantitative estimate of drug-likeness (QED) is 0.161. The number of carbonyl (C=O) groups is 4. The monoisotopic (exact) mass is 579 g/mol. The van der Waals surface area contributed by atoms with Crippen molar-refractivity contribution in [3.8, 4) is 0 Å². The van der Waals surface area contributed by atoms with Crippen molar-refractivity contribution in [2.45, 2.75) is 57.5 Å². The fourth-order valence-electron chi connectivity index (χ4n) is 5.97. The minimum atomic E-state index is -0.967. The van der Waals surface area contributed by atoms with Crippen molar-refractivity contribution < 1.29 is 19.2 Å². The Morgan fingerprint density at radius 1 is 1.07 bits per heavy atom. The van der Waals surface area contributed by atoms with E-state index in [1.54, 1.807) is 31.3 Å². The normalized spacial score (nSPS) is 21.8. The van der Waals surface area contributed by atoms with Crippen molar-refractivity contribution in [2.75, 3.05) is 11.9 Å². The molecule has 43 heavy (non-hydrogen) atoms. The van der Waals surface area contributed by atoms with Gasteiger partial charge in [0.2, 0.25) is 11.8 Å². The number of benzene rings is 2. The van der Waals surface area contributed by atoms with E-state index >= 15 is 0 Å². The lowest BCUT2D eigenvalue weighted by Crippen LogP contribution is -2.54. The summed E-state index contributed by atoms with van der Waals surface area (Å²) in [6, 6.07) is 12.1. The number of piperidine rings is 1. The number of fused-ring (bicyclic) bond motifs is 2. The molecule has 11 nitrogen and oxygen atoms in total. The second-order valence-electron chi connectivity index (χ2n) is 11.4. The van der Waals surface area contributed by atoms with Gasteiger partial charge in [0.25, 0.3) is 11.8 Å². The molecular formula is C32H33N7O4. The molecule has 6 rings (SSSR count). The second-order valence-corrected chi connectivity index (χ2v) is 11.4. The van der Waals surface area contributed by atoms with Gasteiger partial charge in [-0.25, -0.2) is 4.98 Å². The highest BCUT2D eigenvalue weighted by Crippen LogP contribution is 2.32. The molecule has 1 saturated carbocycles. The molecule has 4 amide bonds. The summed E-state index contributed by atoms with van der Waals surface area (Å²) >= 11 is 0. The van der Waals surface area contributed by atoms with Crippen LogP contribution in [0.4, 0.5) is 5.69 Å². The molecule has 1 atom stereocenters. The summed E-state index contributed by atoms with van der Waals surface area (Å²) in [6.45, 7) is 2.48. The lowest BCUT2D eigenvalue weighted by molar-refractivity contribution is -0.136. The maximum Gasteiger partial charge on any atom is 0.262 e. The maximum absolute atomic E-state index is 13.0. The molecule has 3 heterocycles. The standard InChI is InChI=1S/C32H33N7O4/c1-18(33)24(27-17-36-25-6-2-3-7-26(25)37-27)16-35-21-13-19(14-21)5-4-12-34-20-8-9-22-23(15-20)32(43)39(31(22)42)28-10-11-29(40)38-30(28)41/h2-3,6-9,15-17,19,21,28,33-35H,4-5,10-14H2,1H3,(H,38,40,41)/b24-16+,33-18?. The molecule has 2 fully saturated rings. The molecular weight excluding hydrogens is 546 g/mol. The SMILES string of the molecule is CC(=N)/C(=C\NC1CC(CCCNc2ccc3c(c2)C(=O)N(C2CCC(=O)NC2=O)C3=O)C1)c1cnc2ccccc2n1. The van der Waals surface area contributed by atoms with E-state index in [0.29, 0.717) is 23.4 Å². The molecule has 3 aliphatic rings. The summed E-state index contributed by atoms with van der Waals surface area (Å²) in [5, 5.41) is 17.3. The Kier molecular flexibility index (Phi) is 7.71. The van der Waals surface area contributed by atoms with Crippen molar-refractivity contribution in [3.05, 3.63) is 71.7 Å². The van der Waals surface area contributed by atoms with Crippen LogP contribution >= 0.6 is 0 Å². The minimum Gasteiger partial charge on any atom is -0.388 e. The van der Waals surface area contributed by atoms with E-state index < -0.39 is 29.7 Å². The molecule has 11 heteroatoms. The van der Waals surface area contributed by atoms with Crippen LogP contribution in [-0.4, -0.2) is 62.8 Å². The average Bonchev–Trinajstić information content (AvgIpc) is 3.21. The van der Waals surface area contributed by atoms with Crippen molar-refractivity contribution in [1.82, 2.24) is 25.5 Å². The maximum atomic E-state index is 13.0. The first-order chi connectivity index (χ1) is 20.8. The third-order valence-corrected chi connectivity index (χ3v) is 8.39. The zero-order chi connectivity index (χ0) is 30.1. The first-order valence-electron chi connectivity index (χ1n) is 14.6. The molecule has 0 radical (unpaired) electrons. The number of nitrogens with zero attached hydrogens (tertiary/aromatic N) is 3. The molecule has 2 aliphatic heterocycles. The van der Waals surface area contributed by atoms with E-state index in [0.717, 1.165) is 59.4 Å². The molecule has 3 aromatic rings. The van der Waals surface area contributed by atoms with Gasteiger partial charge in [-0.3, -0.25) is 34.4 Å². The van der Waals surface area contributed by atoms with Gasteiger partial charge < -0.3 is 16.0 Å². The van der Waals surface area contributed by atoms with Gasteiger partial charge in [-0.1, -0.05) is 12.1 Å². The Morgan fingerprint density at radius 3 is 2.60 bits per heavy atom. The predicted octanol–water partition coefficient (Wildman–Crippen LogP) is 3.67. The number of hydrogen-bond acceptors (Lipinski definition) is 9. The topological polar surface area (TPSA) is 157 Å². The van der Waals surface area contributed by atoms with Crippen molar-refractivity contribution in [2.24, 2.45) is 5.92 Å². The van der Waals surface area contributed by atoms with E-state index in [4.69, 9.17) is 5.41 Å². The first kappa shape index (κ1) is 28.2. The van der Waals surface area contributed by atoms with Gasteiger partial charge in [-0.2, -0.15) is 0 Å². The number of allylic oxidation sites excluding steroid dienone is 1. The van der Waals surface area contributed by atoms with Crippen LogP contribution in [0.1, 0.15) is 71.9 Å². The van der Waals surface area contributed by atoms with Crippen LogP contribution in [0.25, 0.3) is 16.6 Å². The summed E-state index contributed by atoms with van der Waals surface area (Å²) in [4.78, 5) is 59.8. The van der Waals surface area contributed by atoms with Gasteiger partial charge in [0.05, 0.1) is 34.1 Å². The molecule has 4 N–H and O–H groups in total. The van der Waals surface area contributed by atoms with Crippen LogP contribution in [0, 0.1) is 11.3 Å². The van der Waals surface area contributed by atoms with Crippen LogP contribution in [0.5, 0.6) is 0 Å². The van der Waals surface area contributed by atoms with Crippen LogP contribution < -0.4 is 16.0 Å². The number of nitrogens with one attached hydrogen (secondary N) is 4. The second kappa shape index (κ2) is 11.7. The van der Waals surface area contributed by atoms with E-state index in [-0.39, 0.29) is 24.0 Å². The fourth-order valence-corrected chi connectivity index (χ4v) is 5.97. The van der Waals surface area contributed by atoms with Crippen LogP contribution in [0.3, 0.4) is 0 Å². The number of rotatable bonds is 10. The predicted molar refractivity (Wildman–Crippen MR) is 161 cm³/mol. The third kappa shape index (κ3) is 5.75. The number of para-hydroxylation sites is 2. The van der Waals surface area contributed by atoms with Gasteiger partial charge >= 0.3 is 0 Å². The Labute approximate surface area is 248 Å². The highest BCUT2D eigenvalue weighted by atomic mass is 16.2. The lowest BCUT2D eigenvalue weighted by atomic mass is 9.77. The van der Waals surface area contributed by atoms with Crippen LogP contribution in [0.15, 0.2) is 54.9 Å². The highest BCUT2D eigenvalue weighted by molar-refractivity contribution is 6.24. The number of imide groups is 2. The molecule has 1 aliphatic carbocycles. The van der Waals surface area contributed by atoms with Crippen molar-refractivity contribution in [3.63, 3.8) is 0 Å². The van der Waals surface area contributed by atoms with E-state index in [2.05, 4.69) is 25.9 Å². The molecule has 1 aromatic heterocycles. The minimum absolute atomic E-state index is 0.0934. The van der Waals surface area contributed by atoms with E-state index in [1.807, 2.05) is 30.5 Å². The van der Waals surface area contributed by atoms with Gasteiger partial charge in [-0.05, 0) is 75.3 Å². The van der Waals surface area contributed by atoms with Gasteiger partial charge in [-0.15, -0.1) is 0 Å². The zero-order valence-corrected chi connectivity index (χ0v) is 23.9. The summed E-state index contributed by atoms with van der Waals surface area (Å²) < 4.78 is 0. The van der Waals surface area contributed by atoms with Crippen molar-refractivity contribution in [1.29, 1.82) is 5.41 Å². The largest absolute Gasteiger partial charge is 0.388 e. The highest BCUT2D eigenvalue weighted by Gasteiger charge is 2.44. The van der Waals surface area contributed by atoms with Gasteiger partial charge in [0.15, 0.2) is 0 Å². The molecule has 1 saturated heterocycles. The van der Waals surface area contributed by atoms with Crippen molar-refractivity contribution >= 4 is 51.6 Å². The van der Waals surface area contributed by atoms with E-state index in [9.17, 15) is 19.2 Å². The first-order valence-corrected chi connectivity index (χ1v) is 14.6. The molecule has 2 aromatic carbocycles. The van der Waals surface area contributed by atoms with E-state index in [1.165, 1.54) is 0 Å².